The Morgan fingerprint density at radius 2 is 1.75 bits per heavy atom. The Hall–Kier alpha value is -2.69. The zero-order valence-corrected chi connectivity index (χ0v) is 11.0. The van der Waals surface area contributed by atoms with Crippen LogP contribution in [-0.4, -0.2) is 16.1 Å². The average Bonchev–Trinajstić information content (AvgIpc) is 2.38. The van der Waals surface area contributed by atoms with Gasteiger partial charge < -0.3 is 21.3 Å². The van der Waals surface area contributed by atoms with Crippen LogP contribution in [0, 0.1) is 0 Å². The number of anilines is 1. The van der Waals surface area contributed by atoms with Gasteiger partial charge in [0.15, 0.2) is 0 Å². The van der Waals surface area contributed by atoms with Crippen LogP contribution in [0.15, 0.2) is 42.5 Å². The molecule has 0 radical (unpaired) electrons. The first-order valence-corrected chi connectivity index (χ1v) is 6.16. The summed E-state index contributed by atoms with van der Waals surface area (Å²) in [5.41, 5.74) is 7.00. The van der Waals surface area contributed by atoms with Crippen molar-refractivity contribution < 1.29 is 15.0 Å². The standard InChI is InChI=1S/C15H16N2O3/c1-9(10-4-2-5-11(16)8-10)17-15(20)14-12(18)6-3-7-13(14)19/h2-9,18-19H,16H2,1H3,(H,17,20). The van der Waals surface area contributed by atoms with Crippen molar-refractivity contribution in [1.29, 1.82) is 0 Å². The maximum atomic E-state index is 12.1. The molecule has 0 bridgehead atoms. The van der Waals surface area contributed by atoms with Crippen molar-refractivity contribution in [1.82, 2.24) is 5.32 Å². The molecule has 2 rings (SSSR count). The highest BCUT2D eigenvalue weighted by molar-refractivity contribution is 5.99. The summed E-state index contributed by atoms with van der Waals surface area (Å²) < 4.78 is 0. The summed E-state index contributed by atoms with van der Waals surface area (Å²) in [6.07, 6.45) is 0. The fraction of sp³-hybridized carbons (Fsp3) is 0.133. The highest BCUT2D eigenvalue weighted by atomic mass is 16.3. The molecule has 104 valence electrons. The molecule has 0 spiro atoms. The number of carbonyl (C=O) groups is 1. The van der Waals surface area contributed by atoms with Gasteiger partial charge in [0.05, 0.1) is 6.04 Å². The lowest BCUT2D eigenvalue weighted by atomic mass is 10.1. The Morgan fingerprint density at radius 3 is 2.35 bits per heavy atom. The zero-order valence-electron chi connectivity index (χ0n) is 11.0. The number of phenolic OH excluding ortho intramolecular Hbond substituents is 2. The van der Waals surface area contributed by atoms with Crippen LogP contribution in [0.3, 0.4) is 0 Å². The Balaban J connectivity index is 2.20. The summed E-state index contributed by atoms with van der Waals surface area (Å²) in [4.78, 5) is 12.1. The molecular formula is C15H16N2O3. The maximum Gasteiger partial charge on any atom is 0.259 e. The zero-order chi connectivity index (χ0) is 14.7. The molecule has 0 heterocycles. The first kappa shape index (κ1) is 13.7. The van der Waals surface area contributed by atoms with Gasteiger partial charge in [-0.2, -0.15) is 0 Å². The van der Waals surface area contributed by atoms with Crippen molar-refractivity contribution in [3.05, 3.63) is 53.6 Å². The number of nitrogens with two attached hydrogens (primary N) is 1. The highest BCUT2D eigenvalue weighted by Crippen LogP contribution is 2.27. The predicted molar refractivity (Wildman–Crippen MR) is 76.5 cm³/mol. The molecule has 0 aliphatic heterocycles. The Bertz CT molecular complexity index is 621. The van der Waals surface area contributed by atoms with Gasteiger partial charge in [-0.3, -0.25) is 4.79 Å². The van der Waals surface area contributed by atoms with Crippen molar-refractivity contribution in [2.45, 2.75) is 13.0 Å². The molecule has 0 aliphatic carbocycles. The third kappa shape index (κ3) is 2.83. The van der Waals surface area contributed by atoms with E-state index in [0.29, 0.717) is 5.69 Å². The van der Waals surface area contributed by atoms with E-state index in [1.807, 2.05) is 6.07 Å². The van der Waals surface area contributed by atoms with Crippen LogP contribution in [0.5, 0.6) is 11.5 Å². The number of hydrogen-bond donors (Lipinski definition) is 4. The largest absolute Gasteiger partial charge is 0.507 e. The number of nitrogen functional groups attached to an aromatic ring is 1. The third-order valence-electron chi connectivity index (χ3n) is 3.01. The van der Waals surface area contributed by atoms with Crippen LogP contribution < -0.4 is 11.1 Å². The smallest absolute Gasteiger partial charge is 0.259 e. The van der Waals surface area contributed by atoms with Gasteiger partial charge in [0.25, 0.3) is 5.91 Å². The number of aromatic hydroxyl groups is 2. The first-order valence-electron chi connectivity index (χ1n) is 6.16. The predicted octanol–water partition coefficient (Wildman–Crippen LogP) is 2.17. The summed E-state index contributed by atoms with van der Waals surface area (Å²) in [6.45, 7) is 1.80. The lowest BCUT2D eigenvalue weighted by molar-refractivity contribution is 0.0934. The topological polar surface area (TPSA) is 95.6 Å². The first-order chi connectivity index (χ1) is 9.49. The molecule has 2 aromatic carbocycles. The van der Waals surface area contributed by atoms with Crippen LogP contribution in [-0.2, 0) is 0 Å². The fourth-order valence-electron chi connectivity index (χ4n) is 1.94. The minimum absolute atomic E-state index is 0.136. The van der Waals surface area contributed by atoms with Gasteiger partial charge in [0.2, 0.25) is 0 Å². The van der Waals surface area contributed by atoms with Crippen molar-refractivity contribution in [3.8, 4) is 11.5 Å². The minimum atomic E-state index is -0.546. The van der Waals surface area contributed by atoms with Crippen molar-refractivity contribution in [3.63, 3.8) is 0 Å². The lowest BCUT2D eigenvalue weighted by Gasteiger charge is -2.15. The number of carbonyl (C=O) groups excluding carboxylic acids is 1. The van der Waals surface area contributed by atoms with Crippen LogP contribution in [0.1, 0.15) is 28.9 Å². The number of benzene rings is 2. The van der Waals surface area contributed by atoms with Crippen LogP contribution in [0.25, 0.3) is 0 Å². The monoisotopic (exact) mass is 272 g/mol. The second-order valence-electron chi connectivity index (χ2n) is 4.54. The van der Waals surface area contributed by atoms with Gasteiger partial charge in [0, 0.05) is 5.69 Å². The Morgan fingerprint density at radius 1 is 1.15 bits per heavy atom. The second kappa shape index (κ2) is 5.52. The SMILES string of the molecule is CC(NC(=O)c1c(O)cccc1O)c1cccc(N)c1. The summed E-state index contributed by atoms with van der Waals surface area (Å²) in [7, 11) is 0. The average molecular weight is 272 g/mol. The van der Waals surface area contributed by atoms with E-state index >= 15 is 0 Å². The molecule has 20 heavy (non-hydrogen) atoms. The molecule has 0 saturated carbocycles. The van der Waals surface area contributed by atoms with E-state index in [9.17, 15) is 15.0 Å². The molecule has 0 aliphatic rings. The molecule has 0 fully saturated rings. The van der Waals surface area contributed by atoms with Crippen LogP contribution in [0.4, 0.5) is 5.69 Å². The summed E-state index contributed by atoms with van der Waals surface area (Å²) >= 11 is 0. The van der Waals surface area contributed by atoms with E-state index < -0.39 is 5.91 Å². The molecule has 2 aromatic rings. The van der Waals surface area contributed by atoms with Crippen LogP contribution in [0.2, 0.25) is 0 Å². The molecule has 0 aromatic heterocycles. The molecule has 1 amide bonds. The number of nitrogens with one attached hydrogen (secondary N) is 1. The molecule has 1 unspecified atom stereocenters. The van der Waals surface area contributed by atoms with E-state index in [1.54, 1.807) is 25.1 Å². The van der Waals surface area contributed by atoms with E-state index in [4.69, 9.17) is 5.73 Å². The summed E-state index contributed by atoms with van der Waals surface area (Å²) in [6, 6.07) is 11.0. The van der Waals surface area contributed by atoms with Crippen molar-refractivity contribution >= 4 is 11.6 Å². The van der Waals surface area contributed by atoms with E-state index in [-0.39, 0.29) is 23.1 Å². The normalized spacial score (nSPS) is 11.8. The van der Waals surface area contributed by atoms with Crippen molar-refractivity contribution in [2.24, 2.45) is 0 Å². The third-order valence-corrected chi connectivity index (χ3v) is 3.01. The summed E-state index contributed by atoms with van der Waals surface area (Å²) in [5.74, 6) is -1.07. The Kier molecular flexibility index (Phi) is 3.79. The quantitative estimate of drug-likeness (QED) is 0.644. The molecule has 0 saturated heterocycles. The molecular weight excluding hydrogens is 256 g/mol. The lowest BCUT2D eigenvalue weighted by Crippen LogP contribution is -2.26. The number of phenols is 2. The van der Waals surface area contributed by atoms with Gasteiger partial charge >= 0.3 is 0 Å². The van der Waals surface area contributed by atoms with E-state index in [0.717, 1.165) is 5.56 Å². The number of amides is 1. The van der Waals surface area contributed by atoms with Gasteiger partial charge in [-0.25, -0.2) is 0 Å². The highest BCUT2D eigenvalue weighted by Gasteiger charge is 2.18. The fourth-order valence-corrected chi connectivity index (χ4v) is 1.94. The van der Waals surface area contributed by atoms with Crippen molar-refractivity contribution in [2.75, 3.05) is 5.73 Å². The number of rotatable bonds is 3. The summed E-state index contributed by atoms with van der Waals surface area (Å²) in [5, 5.41) is 22.0. The Labute approximate surface area is 116 Å². The molecule has 5 nitrogen and oxygen atoms in total. The van der Waals surface area contributed by atoms with E-state index in [2.05, 4.69) is 5.32 Å². The van der Waals surface area contributed by atoms with Crippen LogP contribution >= 0.6 is 0 Å². The maximum absolute atomic E-state index is 12.1. The number of hydrogen-bond acceptors (Lipinski definition) is 4. The molecule has 5 N–H and O–H groups in total. The van der Waals surface area contributed by atoms with Gasteiger partial charge in [0.1, 0.15) is 17.1 Å². The van der Waals surface area contributed by atoms with Gasteiger partial charge in [-0.05, 0) is 36.8 Å². The molecule has 5 heteroatoms. The second-order valence-corrected chi connectivity index (χ2v) is 4.54. The van der Waals surface area contributed by atoms with Gasteiger partial charge in [-0.1, -0.05) is 18.2 Å². The minimum Gasteiger partial charge on any atom is -0.507 e. The van der Waals surface area contributed by atoms with Gasteiger partial charge in [-0.15, -0.1) is 0 Å². The van der Waals surface area contributed by atoms with E-state index in [1.165, 1.54) is 18.2 Å². The molecule has 1 atom stereocenters.